The topological polar surface area (TPSA) is 104 Å². The van der Waals surface area contributed by atoms with Gasteiger partial charge in [0.25, 0.3) is 5.69 Å². The van der Waals surface area contributed by atoms with Crippen LogP contribution in [0.1, 0.15) is 5.56 Å². The number of benzene rings is 1. The molecule has 0 fully saturated rings. The molecule has 94 valence electrons. The van der Waals surface area contributed by atoms with Gasteiger partial charge in [-0.15, -0.1) is 0 Å². The molecule has 0 aliphatic heterocycles. The summed E-state index contributed by atoms with van der Waals surface area (Å²) in [7, 11) is 0. The monoisotopic (exact) mass is 378 g/mol. The van der Waals surface area contributed by atoms with Gasteiger partial charge >= 0.3 is 0 Å². The van der Waals surface area contributed by atoms with Gasteiger partial charge in [0.2, 0.25) is 5.91 Å². The first kappa shape index (κ1) is 13.2. The van der Waals surface area contributed by atoms with Crippen molar-refractivity contribution in [1.82, 2.24) is 9.55 Å². The lowest BCUT2D eigenvalue weighted by molar-refractivity contribution is -0.383. The van der Waals surface area contributed by atoms with E-state index in [9.17, 15) is 14.9 Å². The molecule has 1 aromatic heterocycles. The average molecular weight is 378 g/mol. The molecule has 0 aliphatic rings. The summed E-state index contributed by atoms with van der Waals surface area (Å²) in [5.41, 5.74) is 6.23. The van der Waals surface area contributed by atoms with E-state index in [2.05, 4.69) is 27.1 Å². The maximum Gasteiger partial charge on any atom is 0.280 e. The van der Waals surface area contributed by atoms with Crippen LogP contribution in [-0.2, 0) is 11.2 Å². The molecule has 0 bridgehead atoms. The van der Waals surface area contributed by atoms with Gasteiger partial charge in [0.05, 0.1) is 34.8 Å². The van der Waals surface area contributed by atoms with Gasteiger partial charge in [-0.25, -0.2) is 4.45 Å². The number of rotatable bonds is 4. The molecule has 0 saturated heterocycles. The van der Waals surface area contributed by atoms with E-state index in [1.807, 2.05) is 0 Å². The van der Waals surface area contributed by atoms with Crippen LogP contribution < -0.4 is 5.73 Å². The van der Waals surface area contributed by atoms with Crippen molar-refractivity contribution in [2.45, 2.75) is 6.42 Å². The van der Waals surface area contributed by atoms with Crippen LogP contribution in [-0.4, -0.2) is 20.4 Å². The first-order valence-electron chi connectivity index (χ1n) is 4.83. The molecule has 1 unspecified atom stereocenters. The number of nitrogens with two attached hydrogens (primary N) is 1. The summed E-state index contributed by atoms with van der Waals surface area (Å²) in [6, 6.07) is 3.08. The predicted molar refractivity (Wildman–Crippen MR) is 77.0 cm³/mol. The maximum atomic E-state index is 11.0. The summed E-state index contributed by atoms with van der Waals surface area (Å²) in [5.74, 6) is -0.522. The molecular weight excluding hydrogens is 370 g/mol. The summed E-state index contributed by atoms with van der Waals surface area (Å²) in [4.78, 5) is 21.4. The molecule has 2 rings (SSSR count). The van der Waals surface area contributed by atoms with E-state index in [0.717, 1.165) is 0 Å². The number of halogens is 1. The molecule has 1 aromatic carbocycles. The Kier molecular flexibility index (Phi) is 3.76. The van der Waals surface area contributed by atoms with Crippen LogP contribution in [0.2, 0.25) is 0 Å². The number of hydrogen-bond acceptors (Lipinski definition) is 4. The highest BCUT2D eigenvalue weighted by atomic mass is 127. The van der Waals surface area contributed by atoms with Crippen molar-refractivity contribution in [1.29, 1.82) is 0 Å². The van der Waals surface area contributed by atoms with Gasteiger partial charge in [-0.3, -0.25) is 14.9 Å². The van der Waals surface area contributed by atoms with Crippen LogP contribution in [0.3, 0.4) is 0 Å². The van der Waals surface area contributed by atoms with Crippen LogP contribution in [0, 0.1) is 10.1 Å². The largest absolute Gasteiger partial charge is 0.369 e. The number of fused-ring (bicyclic) bond motifs is 1. The summed E-state index contributed by atoms with van der Waals surface area (Å²) < 4.78 is 1.66. The zero-order valence-corrected chi connectivity index (χ0v) is 12.1. The van der Waals surface area contributed by atoms with Crippen molar-refractivity contribution >= 4 is 50.9 Å². The van der Waals surface area contributed by atoms with Crippen molar-refractivity contribution in [2.24, 2.45) is 5.73 Å². The third-order valence-corrected chi connectivity index (χ3v) is 4.27. The van der Waals surface area contributed by atoms with Crippen molar-refractivity contribution in [3.05, 3.63) is 34.0 Å². The molecular formula is C9H8IN4O3P. The molecule has 0 aliphatic carbocycles. The number of hydrogen-bond donors (Lipinski definition) is 1. The number of aromatic nitrogens is 2. The number of carbonyl (C=O) groups is 1. The van der Waals surface area contributed by atoms with E-state index in [1.54, 1.807) is 10.5 Å². The molecule has 18 heavy (non-hydrogen) atoms. The Bertz CT molecular complexity index is 642. The molecule has 2 aromatic rings. The zero-order valence-electron chi connectivity index (χ0n) is 8.96. The zero-order chi connectivity index (χ0) is 13.3. The lowest BCUT2D eigenvalue weighted by Gasteiger charge is -2.02. The van der Waals surface area contributed by atoms with E-state index in [-0.39, 0.29) is 12.1 Å². The molecule has 0 radical (unpaired) electrons. The van der Waals surface area contributed by atoms with Gasteiger partial charge < -0.3 is 5.73 Å². The second-order valence-electron chi connectivity index (χ2n) is 3.59. The minimum Gasteiger partial charge on any atom is -0.369 e. The molecule has 7 nitrogen and oxygen atoms in total. The standard InChI is InChI=1S/C9H8IN4O3P/c10-18-13-7-1-5(3-9(11)15)2-8(14(16)17)6(7)4-12-13/h1-2,4,18H,3H2,(H2,11,15). The molecule has 2 N–H and O–H groups in total. The van der Waals surface area contributed by atoms with E-state index in [0.29, 0.717) is 22.8 Å². The van der Waals surface area contributed by atoms with Crippen LogP contribution in [0.25, 0.3) is 10.9 Å². The highest BCUT2D eigenvalue weighted by Crippen LogP contribution is 2.33. The number of nitrogens with zero attached hydrogens (tertiary/aromatic N) is 3. The molecule has 1 amide bonds. The Balaban J connectivity index is 2.68. The van der Waals surface area contributed by atoms with E-state index in [4.69, 9.17) is 5.73 Å². The van der Waals surface area contributed by atoms with Crippen LogP contribution in [0.15, 0.2) is 18.3 Å². The first-order chi connectivity index (χ1) is 8.52. The minimum absolute atomic E-state index is 0.0215. The van der Waals surface area contributed by atoms with Gasteiger partial charge in [0.1, 0.15) is 0 Å². The fraction of sp³-hybridized carbons (Fsp3) is 0.111. The Hall–Kier alpha value is -1.28. The van der Waals surface area contributed by atoms with Crippen molar-refractivity contribution in [3.63, 3.8) is 0 Å². The Morgan fingerprint density at radius 2 is 2.33 bits per heavy atom. The first-order valence-corrected chi connectivity index (χ1v) is 8.89. The number of non-ortho nitro benzene ring substituents is 1. The van der Waals surface area contributed by atoms with Gasteiger partial charge in [0.15, 0.2) is 0 Å². The third kappa shape index (κ3) is 2.44. The van der Waals surface area contributed by atoms with E-state index in [1.165, 1.54) is 12.3 Å². The third-order valence-electron chi connectivity index (χ3n) is 2.38. The maximum absolute atomic E-state index is 11.0. The van der Waals surface area contributed by atoms with Crippen LogP contribution in [0.4, 0.5) is 5.69 Å². The lowest BCUT2D eigenvalue weighted by Crippen LogP contribution is -2.13. The summed E-state index contributed by atoms with van der Waals surface area (Å²) in [5, 5.41) is 15.6. The number of carbonyl (C=O) groups excluding carboxylic acids is 1. The van der Waals surface area contributed by atoms with Crippen molar-refractivity contribution in [3.8, 4) is 0 Å². The van der Waals surface area contributed by atoms with E-state index < -0.39 is 10.8 Å². The normalized spacial score (nSPS) is 11.4. The predicted octanol–water partition coefficient (Wildman–Crippen LogP) is 1.76. The van der Waals surface area contributed by atoms with Gasteiger partial charge in [0, 0.05) is 6.07 Å². The SMILES string of the molecule is NC(=O)Cc1cc([N+](=O)[O-])c2cnn(PI)c2c1. The summed E-state index contributed by atoms with van der Waals surface area (Å²) in [6.45, 7) is 0. The Morgan fingerprint density at radius 1 is 1.61 bits per heavy atom. The van der Waals surface area contributed by atoms with Gasteiger partial charge in [-0.1, -0.05) is 0 Å². The molecule has 0 spiro atoms. The van der Waals surface area contributed by atoms with Crippen LogP contribution >= 0.6 is 28.4 Å². The number of primary amides is 1. The van der Waals surface area contributed by atoms with Gasteiger partial charge in [-0.05, 0) is 33.7 Å². The molecule has 1 atom stereocenters. The van der Waals surface area contributed by atoms with Crippen molar-refractivity contribution < 1.29 is 9.72 Å². The minimum atomic E-state index is -0.522. The molecule has 9 heteroatoms. The average Bonchev–Trinajstić information content (AvgIpc) is 2.69. The second-order valence-corrected chi connectivity index (χ2v) is 5.63. The fourth-order valence-electron chi connectivity index (χ4n) is 1.69. The summed E-state index contributed by atoms with van der Waals surface area (Å²) >= 11 is 2.13. The van der Waals surface area contributed by atoms with Crippen molar-refractivity contribution in [2.75, 3.05) is 0 Å². The molecule has 0 saturated carbocycles. The van der Waals surface area contributed by atoms with Crippen LogP contribution in [0.5, 0.6) is 0 Å². The number of amides is 1. The second kappa shape index (κ2) is 5.15. The lowest BCUT2D eigenvalue weighted by atomic mass is 10.1. The smallest absolute Gasteiger partial charge is 0.280 e. The fourth-order valence-corrected chi connectivity index (χ4v) is 3.22. The Labute approximate surface area is 116 Å². The highest BCUT2D eigenvalue weighted by Gasteiger charge is 2.18. The molecule has 1 heterocycles. The Morgan fingerprint density at radius 3 is 2.89 bits per heavy atom. The summed E-state index contributed by atoms with van der Waals surface area (Å²) in [6.07, 6.45) is 1.77. The highest BCUT2D eigenvalue weighted by molar-refractivity contribution is 14.2. The van der Waals surface area contributed by atoms with Gasteiger partial charge in [-0.2, -0.15) is 5.10 Å². The quantitative estimate of drug-likeness (QED) is 0.379. The number of nitro groups is 1. The number of nitro benzene ring substituents is 1. The van der Waals surface area contributed by atoms with E-state index >= 15 is 0 Å².